The number of carboxylic acid groups (broad SMARTS) is 4. The molecule has 4 aromatic rings. The molecule has 20 heteroatoms. The van der Waals surface area contributed by atoms with Crippen LogP contribution in [-0.2, 0) is 28.9 Å². The monoisotopic (exact) mass is 712 g/mol. The van der Waals surface area contributed by atoms with Gasteiger partial charge in [0.1, 0.15) is 11.4 Å². The number of aliphatic carboxylic acids is 2. The molecule has 0 saturated heterocycles. The fourth-order valence-corrected chi connectivity index (χ4v) is 4.83. The van der Waals surface area contributed by atoms with Gasteiger partial charge in [-0.1, -0.05) is 48.5 Å². The molecule has 1 unspecified atom stereocenters. The summed E-state index contributed by atoms with van der Waals surface area (Å²) in [6.07, 6.45) is -3.78. The highest BCUT2D eigenvalue weighted by Gasteiger charge is 2.39. The van der Waals surface area contributed by atoms with Crippen molar-refractivity contribution in [3.8, 4) is 0 Å². The third-order valence-corrected chi connectivity index (χ3v) is 7.10. The van der Waals surface area contributed by atoms with E-state index in [1.807, 2.05) is 36.4 Å². The van der Waals surface area contributed by atoms with Crippen LogP contribution in [0.4, 0.5) is 26.3 Å². The average Bonchev–Trinajstić information content (AvgIpc) is 3.76. The van der Waals surface area contributed by atoms with Crippen molar-refractivity contribution in [2.75, 3.05) is 0 Å². The van der Waals surface area contributed by atoms with Crippen LogP contribution in [0.2, 0.25) is 0 Å². The van der Waals surface area contributed by atoms with Gasteiger partial charge in [-0.15, -0.1) is 10.2 Å². The quantitative estimate of drug-likeness (QED) is 0.153. The van der Waals surface area contributed by atoms with Gasteiger partial charge in [-0.25, -0.2) is 19.2 Å². The second-order valence-electron chi connectivity index (χ2n) is 10.4. The van der Waals surface area contributed by atoms with Gasteiger partial charge in [-0.3, -0.25) is 0 Å². The van der Waals surface area contributed by atoms with E-state index in [1.165, 1.54) is 16.7 Å². The molecule has 2 heterocycles. The number of fused-ring (bicyclic) bond motifs is 2. The number of alkyl halides is 6. The van der Waals surface area contributed by atoms with Gasteiger partial charge in [0.2, 0.25) is 0 Å². The molecule has 0 amide bonds. The van der Waals surface area contributed by atoms with Crippen LogP contribution in [0.25, 0.3) is 11.6 Å². The number of allylic oxidation sites excluding steroid dienone is 1. The van der Waals surface area contributed by atoms with Crippen LogP contribution in [0.1, 0.15) is 73.4 Å². The molecule has 50 heavy (non-hydrogen) atoms. The average molecular weight is 713 g/mol. The summed E-state index contributed by atoms with van der Waals surface area (Å²) in [6, 6.07) is 16.4. The molecule has 0 radical (unpaired) electrons. The Morgan fingerprint density at radius 1 is 0.640 bits per heavy atom. The predicted molar refractivity (Wildman–Crippen MR) is 158 cm³/mol. The van der Waals surface area contributed by atoms with Gasteiger partial charge >= 0.3 is 36.2 Å². The molecule has 2 aromatic heterocycles. The predicted octanol–water partition coefficient (Wildman–Crippen LogP) is 5.03. The summed E-state index contributed by atoms with van der Waals surface area (Å²) in [7, 11) is 0. The van der Waals surface area contributed by atoms with Gasteiger partial charge in [-0.2, -0.15) is 47.0 Å². The number of nitrogens with one attached hydrogen (secondary N) is 2. The van der Waals surface area contributed by atoms with Crippen molar-refractivity contribution in [2.24, 2.45) is 0 Å². The molecular weight excluding hydrogens is 686 g/mol. The molecule has 1 atom stereocenters. The molecule has 2 aromatic carbocycles. The second-order valence-corrected chi connectivity index (χ2v) is 10.4. The first kappa shape index (κ1) is 38.4. The van der Waals surface area contributed by atoms with Crippen molar-refractivity contribution in [1.82, 2.24) is 30.8 Å². The van der Waals surface area contributed by atoms with Gasteiger partial charge in [0, 0.05) is 5.92 Å². The number of aromatic amines is 2. The molecule has 2 aliphatic carbocycles. The first-order valence-corrected chi connectivity index (χ1v) is 14.1. The lowest BCUT2D eigenvalue weighted by molar-refractivity contribution is -0.193. The van der Waals surface area contributed by atoms with Gasteiger partial charge in [0.15, 0.2) is 11.4 Å². The number of aryl methyl sites for hydroxylation is 2. The maximum absolute atomic E-state index is 11.0. The molecule has 0 bridgehead atoms. The first-order chi connectivity index (χ1) is 23.4. The van der Waals surface area contributed by atoms with E-state index in [4.69, 9.17) is 30.0 Å². The van der Waals surface area contributed by atoms with Crippen LogP contribution < -0.4 is 0 Å². The van der Waals surface area contributed by atoms with Gasteiger partial charge in [-0.05, 0) is 66.0 Å². The summed E-state index contributed by atoms with van der Waals surface area (Å²) in [5.74, 6) is -7.44. The number of hydrogen-bond donors (Lipinski definition) is 6. The Morgan fingerprint density at radius 3 is 1.70 bits per heavy atom. The zero-order valence-electron chi connectivity index (χ0n) is 25.3. The number of nitrogens with zero attached hydrogens (tertiary/aromatic N) is 4. The van der Waals surface area contributed by atoms with E-state index in [0.29, 0.717) is 11.4 Å². The standard InChI is InChI=1S/C13H13N3O2.C13H11N3O2.2C2HF3O2/c2*17-13(18)12-11(14-16-15-12)10-6-5-8-3-1-2-4-9(8)7-10;2*3-2(4,5)1(6)7/h1-4,10H,5-7H2,(H,17,18)(H,14,15,16);1-4,7H,5-6H2,(H,17,18)(H,14,15,16);2*(H,6,7). The van der Waals surface area contributed by atoms with Crippen LogP contribution in [0.15, 0.2) is 48.5 Å². The summed E-state index contributed by atoms with van der Waals surface area (Å²) in [6.45, 7) is 0. The van der Waals surface area contributed by atoms with Crippen molar-refractivity contribution in [3.63, 3.8) is 0 Å². The minimum Gasteiger partial charge on any atom is -0.476 e. The van der Waals surface area contributed by atoms with Crippen LogP contribution in [-0.4, -0.2) is 87.5 Å². The molecule has 14 nitrogen and oxygen atoms in total. The Hall–Kier alpha value is -6.08. The lowest BCUT2D eigenvalue weighted by Gasteiger charge is -2.23. The highest BCUT2D eigenvalue weighted by Crippen LogP contribution is 2.33. The molecule has 0 aliphatic heterocycles. The molecule has 6 rings (SSSR count). The Morgan fingerprint density at radius 2 is 1.14 bits per heavy atom. The van der Waals surface area contributed by atoms with Gasteiger partial charge in [0.05, 0.1) is 0 Å². The smallest absolute Gasteiger partial charge is 0.476 e. The fourth-order valence-electron chi connectivity index (χ4n) is 4.83. The van der Waals surface area contributed by atoms with E-state index >= 15 is 0 Å². The molecule has 2 aliphatic rings. The van der Waals surface area contributed by atoms with Crippen molar-refractivity contribution in [3.05, 3.63) is 93.6 Å². The Labute approximate surface area is 276 Å². The normalized spacial score (nSPS) is 14.8. The number of hydrogen-bond acceptors (Lipinski definition) is 8. The topological polar surface area (TPSA) is 232 Å². The lowest BCUT2D eigenvalue weighted by atomic mass is 9.82. The molecule has 0 spiro atoms. The fraction of sp³-hybridized carbons (Fsp3) is 0.267. The maximum Gasteiger partial charge on any atom is 0.490 e. The number of rotatable bonds is 4. The largest absolute Gasteiger partial charge is 0.490 e. The van der Waals surface area contributed by atoms with E-state index in [9.17, 15) is 35.9 Å². The summed E-state index contributed by atoms with van der Waals surface area (Å²) in [4.78, 5) is 39.9. The van der Waals surface area contributed by atoms with Crippen LogP contribution in [0.3, 0.4) is 0 Å². The summed E-state index contributed by atoms with van der Waals surface area (Å²) in [5.41, 5.74) is 7.02. The Balaban J connectivity index is 0.000000199. The van der Waals surface area contributed by atoms with Crippen LogP contribution in [0, 0.1) is 0 Å². The third-order valence-electron chi connectivity index (χ3n) is 7.10. The maximum atomic E-state index is 11.0. The highest BCUT2D eigenvalue weighted by atomic mass is 19.4. The van der Waals surface area contributed by atoms with E-state index in [0.717, 1.165) is 43.2 Å². The number of carboxylic acids is 4. The number of H-pyrrole nitrogens is 2. The van der Waals surface area contributed by atoms with Crippen molar-refractivity contribution < 1.29 is 65.9 Å². The van der Waals surface area contributed by atoms with E-state index < -0.39 is 36.2 Å². The summed E-state index contributed by atoms with van der Waals surface area (Å²) >= 11 is 0. The van der Waals surface area contributed by atoms with Crippen molar-refractivity contribution in [2.45, 2.75) is 50.4 Å². The molecular formula is C30H26F6N6O8. The lowest BCUT2D eigenvalue weighted by Crippen LogP contribution is -2.21. The van der Waals surface area contributed by atoms with E-state index in [1.54, 1.807) is 0 Å². The molecule has 266 valence electrons. The van der Waals surface area contributed by atoms with Gasteiger partial charge in [0.25, 0.3) is 0 Å². The SMILES string of the molecule is O=C(O)C(F)(F)F.O=C(O)C(F)(F)F.O=C(O)c1n[nH]nc1C1=Cc2ccccc2CC1.O=C(O)c1n[nH]nc1C1CCc2ccccc2C1. The molecule has 6 N–H and O–H groups in total. The zero-order valence-corrected chi connectivity index (χ0v) is 25.3. The summed E-state index contributed by atoms with van der Waals surface area (Å²) in [5, 5.41) is 52.5. The Bertz CT molecular complexity index is 1840. The molecule has 0 saturated carbocycles. The summed E-state index contributed by atoms with van der Waals surface area (Å²) < 4.78 is 63.5. The first-order valence-electron chi connectivity index (χ1n) is 14.1. The van der Waals surface area contributed by atoms with Crippen LogP contribution in [0.5, 0.6) is 0 Å². The number of halogens is 6. The Kier molecular flexibility index (Phi) is 12.5. The van der Waals surface area contributed by atoms with Crippen LogP contribution >= 0.6 is 0 Å². The zero-order chi connectivity index (χ0) is 37.2. The van der Waals surface area contributed by atoms with Crippen molar-refractivity contribution >= 4 is 35.5 Å². The van der Waals surface area contributed by atoms with E-state index in [-0.39, 0.29) is 17.3 Å². The number of aromatic nitrogens is 6. The van der Waals surface area contributed by atoms with Gasteiger partial charge < -0.3 is 20.4 Å². The van der Waals surface area contributed by atoms with E-state index in [2.05, 4.69) is 49.0 Å². The molecule has 0 fully saturated rings. The number of aromatic carboxylic acids is 2. The number of benzene rings is 2. The number of carbonyl (C=O) groups is 4. The minimum atomic E-state index is -5.08. The highest BCUT2D eigenvalue weighted by molar-refractivity contribution is 5.94. The third kappa shape index (κ3) is 10.5. The minimum absolute atomic E-state index is 0.0133. The van der Waals surface area contributed by atoms with Crippen molar-refractivity contribution in [1.29, 1.82) is 0 Å². The second kappa shape index (κ2) is 16.3.